The van der Waals surface area contributed by atoms with E-state index in [0.29, 0.717) is 0 Å². The maximum Gasteiger partial charge on any atom is 0.143 e. The minimum absolute atomic E-state index is 0.0257. The van der Waals surface area contributed by atoms with Gasteiger partial charge in [0.05, 0.1) is 0 Å². The van der Waals surface area contributed by atoms with Crippen LogP contribution in [0.4, 0.5) is 17.1 Å². The van der Waals surface area contributed by atoms with Gasteiger partial charge in [-0.1, -0.05) is 166 Å². The molecule has 2 nitrogen and oxygen atoms in total. The van der Waals surface area contributed by atoms with E-state index in [9.17, 15) is 0 Å². The third-order valence-electron chi connectivity index (χ3n) is 13.0. The zero-order chi connectivity index (χ0) is 39.5. The average molecular weight is 758 g/mol. The van der Waals surface area contributed by atoms with E-state index < -0.39 is 0 Å². The van der Waals surface area contributed by atoms with Crippen molar-refractivity contribution in [1.82, 2.24) is 0 Å². The molecule has 0 radical (unpaired) electrons. The third kappa shape index (κ3) is 5.55. The van der Waals surface area contributed by atoms with Crippen LogP contribution in [-0.4, -0.2) is 0 Å². The van der Waals surface area contributed by atoms with E-state index >= 15 is 0 Å². The minimum Gasteiger partial charge on any atom is -0.455 e. The van der Waals surface area contributed by atoms with Gasteiger partial charge in [-0.3, -0.25) is 0 Å². The van der Waals surface area contributed by atoms with Gasteiger partial charge in [0.1, 0.15) is 11.2 Å². The monoisotopic (exact) mass is 757 g/mol. The fourth-order valence-corrected chi connectivity index (χ4v) is 10.0. The van der Waals surface area contributed by atoms with Gasteiger partial charge in [0.15, 0.2) is 0 Å². The van der Waals surface area contributed by atoms with E-state index in [0.717, 1.165) is 57.2 Å². The fraction of sp³-hybridized carbons (Fsp3) is 0.0877. The standard InChI is InChI=1S/C57H43NO/c1-3-57(4-2)53-23-12-10-19-48(53)49-34-33-43(37-54(49)57)58(41-29-25-39(26-30-41)45-18-9-8-17-44(45)38-15-6-5-7-16-38)42-31-27-40(28-32-42)46-21-14-22-51-47(46)35-36-52-50-20-11-13-24-55(50)59-56(51)52/h5-37H,3-4H2,1-2H3. The number of anilines is 3. The van der Waals surface area contributed by atoms with Crippen LogP contribution < -0.4 is 4.90 Å². The highest BCUT2D eigenvalue weighted by atomic mass is 16.3. The van der Waals surface area contributed by atoms with E-state index in [2.05, 4.69) is 213 Å². The Bertz CT molecular complexity index is 3170. The summed E-state index contributed by atoms with van der Waals surface area (Å²) in [6.45, 7) is 4.69. The van der Waals surface area contributed by atoms with Gasteiger partial charge >= 0.3 is 0 Å². The van der Waals surface area contributed by atoms with Crippen LogP contribution in [0.3, 0.4) is 0 Å². The molecule has 0 bridgehead atoms. The van der Waals surface area contributed by atoms with Crippen LogP contribution in [0.2, 0.25) is 0 Å². The normalized spacial score (nSPS) is 12.8. The molecule has 282 valence electrons. The molecule has 0 saturated heterocycles. The minimum atomic E-state index is -0.0257. The van der Waals surface area contributed by atoms with Crippen molar-refractivity contribution in [2.45, 2.75) is 32.1 Å². The van der Waals surface area contributed by atoms with Gasteiger partial charge in [-0.15, -0.1) is 0 Å². The quantitative estimate of drug-likeness (QED) is 0.153. The average Bonchev–Trinajstić information content (AvgIpc) is 3.83. The maximum atomic E-state index is 6.45. The molecule has 1 aromatic heterocycles. The SMILES string of the molecule is CCC1(CC)c2ccccc2-c2ccc(N(c3ccc(-c4ccccc4-c4ccccc4)cc3)c3ccc(-c4cccc5c4ccc4c6ccccc6oc54)cc3)cc21. The summed E-state index contributed by atoms with van der Waals surface area (Å²) < 4.78 is 6.45. The fourth-order valence-electron chi connectivity index (χ4n) is 10.0. The number of para-hydroxylation sites is 1. The highest BCUT2D eigenvalue weighted by molar-refractivity contribution is 6.17. The van der Waals surface area contributed by atoms with Crippen molar-refractivity contribution in [3.05, 3.63) is 211 Å². The van der Waals surface area contributed by atoms with Crippen LogP contribution in [0.15, 0.2) is 205 Å². The highest BCUT2D eigenvalue weighted by Crippen LogP contribution is 2.54. The van der Waals surface area contributed by atoms with Crippen LogP contribution in [0, 0.1) is 0 Å². The molecule has 9 aromatic carbocycles. The summed E-state index contributed by atoms with van der Waals surface area (Å²) in [6.07, 6.45) is 2.10. The van der Waals surface area contributed by atoms with Crippen molar-refractivity contribution in [2.24, 2.45) is 0 Å². The Kier molecular flexibility index (Phi) is 8.34. The predicted octanol–water partition coefficient (Wildman–Crippen LogP) is 16.3. The molecule has 2 heteroatoms. The van der Waals surface area contributed by atoms with Gasteiger partial charge in [0.2, 0.25) is 0 Å². The molecule has 59 heavy (non-hydrogen) atoms. The topological polar surface area (TPSA) is 16.4 Å². The Morgan fingerprint density at radius 3 is 1.59 bits per heavy atom. The van der Waals surface area contributed by atoms with Crippen LogP contribution >= 0.6 is 0 Å². The first-order chi connectivity index (χ1) is 29.1. The van der Waals surface area contributed by atoms with Gasteiger partial charge in [0, 0.05) is 38.6 Å². The smallest absolute Gasteiger partial charge is 0.143 e. The summed E-state index contributed by atoms with van der Waals surface area (Å²) >= 11 is 0. The zero-order valence-electron chi connectivity index (χ0n) is 33.3. The number of hydrogen-bond acceptors (Lipinski definition) is 2. The van der Waals surface area contributed by atoms with Gasteiger partial charge in [-0.25, -0.2) is 0 Å². The molecule has 0 amide bonds. The first kappa shape index (κ1) is 35.0. The Hall–Kier alpha value is -7.16. The maximum absolute atomic E-state index is 6.45. The molecular formula is C57H43NO. The number of nitrogens with zero attached hydrogens (tertiary/aromatic N) is 1. The third-order valence-corrected chi connectivity index (χ3v) is 13.0. The molecule has 0 aliphatic heterocycles. The molecule has 11 rings (SSSR count). The lowest BCUT2D eigenvalue weighted by molar-refractivity contribution is 0.490. The lowest BCUT2D eigenvalue weighted by Gasteiger charge is -2.32. The second kappa shape index (κ2) is 14.0. The lowest BCUT2D eigenvalue weighted by atomic mass is 9.74. The molecule has 1 aliphatic rings. The summed E-state index contributed by atoms with van der Waals surface area (Å²) in [5.41, 5.74) is 18.0. The Balaban J connectivity index is 1.03. The number of rotatable bonds is 8. The molecule has 10 aromatic rings. The lowest BCUT2D eigenvalue weighted by Crippen LogP contribution is -2.23. The Morgan fingerprint density at radius 1 is 0.373 bits per heavy atom. The largest absolute Gasteiger partial charge is 0.455 e. The number of furan rings is 1. The summed E-state index contributed by atoms with van der Waals surface area (Å²) in [5.74, 6) is 0. The van der Waals surface area contributed by atoms with Crippen molar-refractivity contribution in [3.8, 4) is 44.5 Å². The molecule has 0 unspecified atom stereocenters. The van der Waals surface area contributed by atoms with Gasteiger partial charge in [0.25, 0.3) is 0 Å². The number of benzene rings is 9. The summed E-state index contributed by atoms with van der Waals surface area (Å²) in [5, 5.41) is 4.62. The highest BCUT2D eigenvalue weighted by Gasteiger charge is 2.40. The van der Waals surface area contributed by atoms with E-state index in [4.69, 9.17) is 4.42 Å². The molecular weight excluding hydrogens is 715 g/mol. The van der Waals surface area contributed by atoms with Crippen LogP contribution in [0.5, 0.6) is 0 Å². The van der Waals surface area contributed by atoms with Crippen LogP contribution in [0.1, 0.15) is 37.8 Å². The predicted molar refractivity (Wildman–Crippen MR) is 249 cm³/mol. The second-order valence-corrected chi connectivity index (χ2v) is 15.8. The van der Waals surface area contributed by atoms with Crippen molar-refractivity contribution in [3.63, 3.8) is 0 Å². The van der Waals surface area contributed by atoms with Gasteiger partial charge in [-0.05, 0) is 122 Å². The van der Waals surface area contributed by atoms with Gasteiger partial charge < -0.3 is 9.32 Å². The molecule has 1 heterocycles. The molecule has 0 N–H and O–H groups in total. The van der Waals surface area contributed by atoms with E-state index in [1.807, 2.05) is 6.07 Å². The van der Waals surface area contributed by atoms with Gasteiger partial charge in [-0.2, -0.15) is 0 Å². The van der Waals surface area contributed by atoms with Crippen molar-refractivity contribution in [1.29, 1.82) is 0 Å². The number of hydrogen-bond donors (Lipinski definition) is 0. The molecule has 0 fully saturated rings. The van der Waals surface area contributed by atoms with E-state index in [-0.39, 0.29) is 5.41 Å². The first-order valence-corrected chi connectivity index (χ1v) is 20.9. The number of fused-ring (bicyclic) bond motifs is 8. The zero-order valence-corrected chi connectivity index (χ0v) is 33.3. The molecule has 0 atom stereocenters. The van der Waals surface area contributed by atoms with Crippen molar-refractivity contribution >= 4 is 49.8 Å². The molecule has 1 aliphatic carbocycles. The summed E-state index contributed by atoms with van der Waals surface area (Å²) in [6, 6.07) is 73.1. The van der Waals surface area contributed by atoms with Crippen LogP contribution in [-0.2, 0) is 5.41 Å². The summed E-state index contributed by atoms with van der Waals surface area (Å²) in [7, 11) is 0. The second-order valence-electron chi connectivity index (χ2n) is 15.8. The van der Waals surface area contributed by atoms with E-state index in [1.54, 1.807) is 0 Å². The Labute approximate surface area is 345 Å². The van der Waals surface area contributed by atoms with Crippen molar-refractivity contribution in [2.75, 3.05) is 4.90 Å². The van der Waals surface area contributed by atoms with Crippen LogP contribution in [0.25, 0.3) is 77.2 Å². The molecule has 0 spiro atoms. The Morgan fingerprint density at radius 2 is 0.881 bits per heavy atom. The van der Waals surface area contributed by atoms with E-state index in [1.165, 1.54) is 61.0 Å². The molecule has 0 saturated carbocycles. The first-order valence-electron chi connectivity index (χ1n) is 20.9. The van der Waals surface area contributed by atoms with Crippen molar-refractivity contribution < 1.29 is 4.42 Å². The summed E-state index contributed by atoms with van der Waals surface area (Å²) in [4.78, 5) is 2.43.